The van der Waals surface area contributed by atoms with Gasteiger partial charge in [0, 0.05) is 29.7 Å². The Balaban J connectivity index is 1.39. The summed E-state index contributed by atoms with van der Waals surface area (Å²) in [6.45, 7) is 2.37. The highest BCUT2D eigenvalue weighted by Crippen LogP contribution is 2.26. The molecule has 0 bridgehead atoms. The van der Waals surface area contributed by atoms with E-state index < -0.39 is 12.0 Å². The monoisotopic (exact) mass is 570 g/mol. The summed E-state index contributed by atoms with van der Waals surface area (Å²) in [4.78, 5) is 39.3. The van der Waals surface area contributed by atoms with Gasteiger partial charge in [-0.2, -0.15) is 0 Å². The average molecular weight is 571 g/mol. The molecule has 4 aromatic rings. The minimum atomic E-state index is -1.03. The van der Waals surface area contributed by atoms with Gasteiger partial charge in [0.1, 0.15) is 18.4 Å². The molecule has 7 nitrogen and oxygen atoms in total. The van der Waals surface area contributed by atoms with Crippen molar-refractivity contribution in [3.8, 4) is 5.75 Å². The SMILES string of the molecule is CCC(=O)N(CCOc1ccc(C[C@H](Nc2ccccc2C(=O)c2ccccc2)C(=O)O)cc1)c1ccccc1Cl. The molecule has 1 amide bonds. The molecule has 1 atom stereocenters. The lowest BCUT2D eigenvalue weighted by Crippen LogP contribution is -2.34. The van der Waals surface area contributed by atoms with Crippen LogP contribution in [-0.2, 0) is 16.0 Å². The number of carboxylic acids is 1. The van der Waals surface area contributed by atoms with E-state index in [0.29, 0.717) is 46.2 Å². The third kappa shape index (κ3) is 7.74. The zero-order valence-electron chi connectivity index (χ0n) is 22.6. The van der Waals surface area contributed by atoms with E-state index in [1.54, 1.807) is 96.8 Å². The van der Waals surface area contributed by atoms with Crippen LogP contribution >= 0.6 is 11.6 Å². The number of rotatable bonds is 13. The summed E-state index contributed by atoms with van der Waals surface area (Å²) < 4.78 is 5.87. The van der Waals surface area contributed by atoms with Gasteiger partial charge in [0.15, 0.2) is 5.78 Å². The molecule has 2 N–H and O–H groups in total. The number of anilines is 2. The fraction of sp³-hybridized carbons (Fsp3) is 0.182. The molecule has 0 saturated heterocycles. The zero-order chi connectivity index (χ0) is 29.2. The highest BCUT2D eigenvalue weighted by molar-refractivity contribution is 6.33. The van der Waals surface area contributed by atoms with E-state index in [-0.39, 0.29) is 24.7 Å². The summed E-state index contributed by atoms with van der Waals surface area (Å²) in [5.41, 5.74) is 2.81. The first kappa shape index (κ1) is 29.4. The topological polar surface area (TPSA) is 95.9 Å². The number of carboxylic acid groups (broad SMARTS) is 1. The van der Waals surface area contributed by atoms with Crippen molar-refractivity contribution in [2.75, 3.05) is 23.4 Å². The Hall–Kier alpha value is -4.62. The number of carbonyl (C=O) groups excluding carboxylic acids is 2. The third-order valence-corrected chi connectivity index (χ3v) is 6.85. The summed E-state index contributed by atoms with van der Waals surface area (Å²) in [7, 11) is 0. The van der Waals surface area contributed by atoms with E-state index in [0.717, 1.165) is 5.56 Å². The second-order valence-corrected chi connectivity index (χ2v) is 9.73. The summed E-state index contributed by atoms with van der Waals surface area (Å²) in [6, 6.07) is 29.1. The van der Waals surface area contributed by atoms with Gasteiger partial charge in [-0.25, -0.2) is 4.79 Å². The normalized spacial score (nSPS) is 11.4. The van der Waals surface area contributed by atoms with Gasteiger partial charge in [0.2, 0.25) is 5.91 Å². The van der Waals surface area contributed by atoms with E-state index in [1.807, 2.05) is 18.2 Å². The molecule has 0 aliphatic heterocycles. The maximum atomic E-state index is 13.1. The van der Waals surface area contributed by atoms with Crippen molar-refractivity contribution >= 4 is 40.6 Å². The van der Waals surface area contributed by atoms with Crippen molar-refractivity contribution in [1.29, 1.82) is 0 Å². The van der Waals surface area contributed by atoms with Gasteiger partial charge in [0.25, 0.3) is 0 Å². The minimum Gasteiger partial charge on any atom is -0.492 e. The molecular weight excluding hydrogens is 540 g/mol. The Bertz CT molecular complexity index is 1490. The number of carbonyl (C=O) groups is 3. The molecule has 0 fully saturated rings. The van der Waals surface area contributed by atoms with Crippen molar-refractivity contribution in [3.63, 3.8) is 0 Å². The Labute approximate surface area is 244 Å². The lowest BCUT2D eigenvalue weighted by atomic mass is 10.00. The van der Waals surface area contributed by atoms with Crippen LogP contribution in [-0.4, -0.2) is 42.0 Å². The summed E-state index contributed by atoms with van der Waals surface area (Å²) in [5, 5.41) is 13.5. The van der Waals surface area contributed by atoms with Crippen molar-refractivity contribution in [1.82, 2.24) is 0 Å². The minimum absolute atomic E-state index is 0.0590. The number of benzene rings is 4. The van der Waals surface area contributed by atoms with Crippen LogP contribution in [0.1, 0.15) is 34.8 Å². The van der Waals surface area contributed by atoms with E-state index in [2.05, 4.69) is 5.32 Å². The molecule has 0 aliphatic carbocycles. The number of hydrogen-bond donors (Lipinski definition) is 2. The number of para-hydroxylation sites is 2. The highest BCUT2D eigenvalue weighted by Gasteiger charge is 2.22. The molecule has 0 spiro atoms. The number of ketones is 1. The molecule has 8 heteroatoms. The molecular formula is C33H31ClN2O5. The molecule has 4 aromatic carbocycles. The van der Waals surface area contributed by atoms with Crippen molar-refractivity contribution in [2.24, 2.45) is 0 Å². The Morgan fingerprint density at radius 3 is 2.22 bits per heavy atom. The Kier molecular flexibility index (Phi) is 10.1. The molecule has 0 aliphatic rings. The molecule has 0 aromatic heterocycles. The fourth-order valence-electron chi connectivity index (χ4n) is 4.39. The number of aliphatic carboxylic acids is 1. The smallest absolute Gasteiger partial charge is 0.326 e. The third-order valence-electron chi connectivity index (χ3n) is 6.53. The van der Waals surface area contributed by atoms with Gasteiger partial charge in [-0.1, -0.05) is 85.3 Å². The van der Waals surface area contributed by atoms with Crippen LogP contribution in [0, 0.1) is 0 Å². The van der Waals surface area contributed by atoms with Crippen LogP contribution < -0.4 is 15.0 Å². The molecule has 4 rings (SSSR count). The lowest BCUT2D eigenvalue weighted by molar-refractivity contribution is -0.137. The second kappa shape index (κ2) is 14.1. The molecule has 0 unspecified atom stereocenters. The molecule has 41 heavy (non-hydrogen) atoms. The lowest BCUT2D eigenvalue weighted by Gasteiger charge is -2.23. The van der Waals surface area contributed by atoms with Gasteiger partial charge in [-0.15, -0.1) is 0 Å². The maximum Gasteiger partial charge on any atom is 0.326 e. The second-order valence-electron chi connectivity index (χ2n) is 9.32. The van der Waals surface area contributed by atoms with Crippen LogP contribution in [0.2, 0.25) is 5.02 Å². The van der Waals surface area contributed by atoms with Crippen LogP contribution in [0.5, 0.6) is 5.75 Å². The van der Waals surface area contributed by atoms with Gasteiger partial charge in [-0.3, -0.25) is 9.59 Å². The van der Waals surface area contributed by atoms with E-state index in [9.17, 15) is 19.5 Å². The van der Waals surface area contributed by atoms with Crippen LogP contribution in [0.3, 0.4) is 0 Å². The first-order valence-corrected chi connectivity index (χ1v) is 13.7. The Morgan fingerprint density at radius 2 is 1.54 bits per heavy atom. The standard InChI is InChI=1S/C33H31ClN2O5/c1-2-31(37)36(30-15-9-7-13-27(30)34)20-21-41-25-18-16-23(17-19-25)22-29(33(39)40)35-28-14-8-6-12-26(28)32(38)24-10-4-3-5-11-24/h3-19,29,35H,2,20-22H2,1H3,(H,39,40)/t29-/m0/s1. The van der Waals surface area contributed by atoms with E-state index in [4.69, 9.17) is 16.3 Å². The van der Waals surface area contributed by atoms with Crippen LogP contribution in [0.15, 0.2) is 103 Å². The predicted octanol–water partition coefficient (Wildman–Crippen LogP) is 6.50. The summed E-state index contributed by atoms with van der Waals surface area (Å²) in [5.74, 6) is -0.688. The van der Waals surface area contributed by atoms with Gasteiger partial charge >= 0.3 is 5.97 Å². The highest BCUT2D eigenvalue weighted by atomic mass is 35.5. The van der Waals surface area contributed by atoms with Gasteiger partial charge in [0.05, 0.1) is 17.3 Å². The zero-order valence-corrected chi connectivity index (χ0v) is 23.4. The first-order chi connectivity index (χ1) is 19.9. The largest absolute Gasteiger partial charge is 0.492 e. The van der Waals surface area contributed by atoms with Gasteiger partial charge < -0.3 is 20.1 Å². The predicted molar refractivity (Wildman–Crippen MR) is 161 cm³/mol. The molecule has 0 heterocycles. The number of halogens is 1. The van der Waals surface area contributed by atoms with Crippen molar-refractivity contribution in [2.45, 2.75) is 25.8 Å². The quantitative estimate of drug-likeness (QED) is 0.178. The van der Waals surface area contributed by atoms with E-state index in [1.165, 1.54) is 0 Å². The van der Waals surface area contributed by atoms with Crippen molar-refractivity contribution in [3.05, 3.63) is 125 Å². The molecule has 0 radical (unpaired) electrons. The molecule has 0 saturated carbocycles. The molecule has 210 valence electrons. The summed E-state index contributed by atoms with van der Waals surface area (Å²) in [6.07, 6.45) is 0.526. The van der Waals surface area contributed by atoms with Gasteiger partial charge in [-0.05, 0) is 42.0 Å². The number of amides is 1. The number of ether oxygens (including phenoxy) is 1. The number of nitrogens with one attached hydrogen (secondary N) is 1. The number of hydrogen-bond acceptors (Lipinski definition) is 5. The van der Waals surface area contributed by atoms with E-state index >= 15 is 0 Å². The van der Waals surface area contributed by atoms with Crippen LogP contribution in [0.4, 0.5) is 11.4 Å². The first-order valence-electron chi connectivity index (χ1n) is 13.3. The van der Waals surface area contributed by atoms with Crippen LogP contribution in [0.25, 0.3) is 0 Å². The maximum absolute atomic E-state index is 13.1. The average Bonchev–Trinajstić information content (AvgIpc) is 3.00. The number of nitrogens with zero attached hydrogens (tertiary/aromatic N) is 1. The fourth-order valence-corrected chi connectivity index (χ4v) is 4.63. The van der Waals surface area contributed by atoms with Crippen molar-refractivity contribution < 1.29 is 24.2 Å². The Morgan fingerprint density at radius 1 is 0.878 bits per heavy atom. The summed E-state index contributed by atoms with van der Waals surface area (Å²) >= 11 is 6.30.